The van der Waals surface area contributed by atoms with Crippen LogP contribution in [0.2, 0.25) is 0 Å². The normalized spacial score (nSPS) is 22.0. The summed E-state index contributed by atoms with van der Waals surface area (Å²) >= 11 is 0. The maximum absolute atomic E-state index is 12.7. The van der Waals surface area contributed by atoms with E-state index in [-0.39, 0.29) is 17.9 Å². The van der Waals surface area contributed by atoms with Crippen molar-refractivity contribution in [1.29, 1.82) is 0 Å². The summed E-state index contributed by atoms with van der Waals surface area (Å²) < 4.78 is 0. The first-order valence-corrected chi connectivity index (χ1v) is 6.90. The lowest BCUT2D eigenvalue weighted by Crippen LogP contribution is -2.48. The van der Waals surface area contributed by atoms with Gasteiger partial charge in [0.1, 0.15) is 0 Å². The number of fused-ring (bicyclic) bond motifs is 2. The molecule has 0 radical (unpaired) electrons. The van der Waals surface area contributed by atoms with Crippen LogP contribution in [0.25, 0.3) is 0 Å². The molecule has 2 aliphatic heterocycles. The Morgan fingerprint density at radius 3 is 2.63 bits per heavy atom. The van der Waals surface area contributed by atoms with Gasteiger partial charge in [0, 0.05) is 19.3 Å². The average molecular weight is 260 g/mol. The molecule has 4 nitrogen and oxygen atoms in total. The van der Waals surface area contributed by atoms with E-state index in [4.69, 9.17) is 5.11 Å². The summed E-state index contributed by atoms with van der Waals surface area (Å²) in [6.07, 6.45) is 1.71. The molecule has 0 aromatic heterocycles. The fourth-order valence-electron chi connectivity index (χ4n) is 3.50. The van der Waals surface area contributed by atoms with E-state index in [0.717, 1.165) is 31.6 Å². The smallest absolute Gasteiger partial charge is 0.237 e. The Bertz CT molecular complexity index is 493. The van der Waals surface area contributed by atoms with E-state index in [1.807, 2.05) is 25.2 Å². The third kappa shape index (κ3) is 1.78. The first kappa shape index (κ1) is 12.6. The molecular weight excluding hydrogens is 240 g/mol. The molecule has 1 aromatic carbocycles. The summed E-state index contributed by atoms with van der Waals surface area (Å²) in [6, 6.07) is 8.14. The first-order valence-electron chi connectivity index (χ1n) is 6.90. The van der Waals surface area contributed by atoms with E-state index in [1.165, 1.54) is 5.56 Å². The number of carbonyl (C=O) groups is 1. The molecule has 3 rings (SSSR count). The van der Waals surface area contributed by atoms with Crippen LogP contribution in [0.15, 0.2) is 24.3 Å². The number of likely N-dealkylation sites (N-methyl/N-ethyl adjacent to an activating group) is 1. The average Bonchev–Trinajstić information content (AvgIpc) is 2.65. The zero-order valence-corrected chi connectivity index (χ0v) is 11.3. The second kappa shape index (κ2) is 4.62. The Hall–Kier alpha value is -1.39. The van der Waals surface area contributed by atoms with E-state index < -0.39 is 0 Å². The van der Waals surface area contributed by atoms with Crippen molar-refractivity contribution in [2.75, 3.05) is 38.2 Å². The van der Waals surface area contributed by atoms with Crippen LogP contribution in [0.4, 0.5) is 5.69 Å². The number of β-amino-alcohol motifs (C(OH)–C–C–N with tert-alkyl or cyclic N) is 1. The molecule has 19 heavy (non-hydrogen) atoms. The predicted octanol–water partition coefficient (Wildman–Crippen LogP) is 0.989. The standard InChI is InChI=1S/C15H20N2O2/c1-16-13-5-3-2-4-12(13)15(14(16)19)6-8-17(9-7-15)10-11-18/h2-5,18H,6-11H2,1H3. The quantitative estimate of drug-likeness (QED) is 0.862. The largest absolute Gasteiger partial charge is 0.395 e. The highest BCUT2D eigenvalue weighted by atomic mass is 16.3. The molecular formula is C15H20N2O2. The molecule has 0 aliphatic carbocycles. The maximum Gasteiger partial charge on any atom is 0.237 e. The Balaban J connectivity index is 1.91. The molecule has 102 valence electrons. The minimum Gasteiger partial charge on any atom is -0.395 e. The predicted molar refractivity (Wildman–Crippen MR) is 74.3 cm³/mol. The van der Waals surface area contributed by atoms with Crippen LogP contribution >= 0.6 is 0 Å². The number of aliphatic hydroxyl groups is 1. The molecule has 0 unspecified atom stereocenters. The summed E-state index contributed by atoms with van der Waals surface area (Å²) in [5.41, 5.74) is 1.92. The molecule has 1 aromatic rings. The summed E-state index contributed by atoms with van der Waals surface area (Å²) in [5, 5.41) is 9.01. The molecule has 4 heteroatoms. The van der Waals surface area contributed by atoms with Gasteiger partial charge in [0.2, 0.25) is 5.91 Å². The van der Waals surface area contributed by atoms with Crippen molar-refractivity contribution in [2.24, 2.45) is 0 Å². The van der Waals surface area contributed by atoms with Gasteiger partial charge in [-0.2, -0.15) is 0 Å². The molecule has 2 aliphatic rings. The summed E-state index contributed by atoms with van der Waals surface area (Å²) in [6.45, 7) is 2.67. The third-order valence-corrected chi connectivity index (χ3v) is 4.62. The maximum atomic E-state index is 12.7. The van der Waals surface area contributed by atoms with Crippen molar-refractivity contribution in [3.8, 4) is 0 Å². The summed E-state index contributed by atoms with van der Waals surface area (Å²) in [5.74, 6) is 0.234. The number of rotatable bonds is 2. The molecule has 0 atom stereocenters. The second-order valence-corrected chi connectivity index (χ2v) is 5.53. The Kier molecular flexibility index (Phi) is 3.07. The number of hydrogen-bond acceptors (Lipinski definition) is 3. The van der Waals surface area contributed by atoms with Crippen molar-refractivity contribution < 1.29 is 9.90 Å². The van der Waals surface area contributed by atoms with E-state index >= 15 is 0 Å². The number of para-hydroxylation sites is 1. The fraction of sp³-hybridized carbons (Fsp3) is 0.533. The van der Waals surface area contributed by atoms with E-state index in [9.17, 15) is 4.79 Å². The SMILES string of the molecule is CN1C(=O)C2(CCN(CCO)CC2)c2ccccc21. The van der Waals surface area contributed by atoms with Gasteiger partial charge in [-0.25, -0.2) is 0 Å². The number of aliphatic hydroxyl groups excluding tert-OH is 1. The number of carbonyl (C=O) groups excluding carboxylic acids is 1. The van der Waals surface area contributed by atoms with Gasteiger partial charge in [0.05, 0.1) is 12.0 Å². The van der Waals surface area contributed by atoms with Gasteiger partial charge >= 0.3 is 0 Å². The monoisotopic (exact) mass is 260 g/mol. The van der Waals surface area contributed by atoms with Gasteiger partial charge in [-0.3, -0.25) is 4.79 Å². The van der Waals surface area contributed by atoms with Crippen LogP contribution in [0.1, 0.15) is 18.4 Å². The van der Waals surface area contributed by atoms with Crippen molar-refractivity contribution in [1.82, 2.24) is 4.90 Å². The highest BCUT2D eigenvalue weighted by Gasteiger charge is 2.50. The van der Waals surface area contributed by atoms with Gasteiger partial charge in [-0.05, 0) is 37.6 Å². The Morgan fingerprint density at radius 1 is 1.26 bits per heavy atom. The second-order valence-electron chi connectivity index (χ2n) is 5.53. The van der Waals surface area contributed by atoms with Crippen LogP contribution < -0.4 is 4.90 Å². The van der Waals surface area contributed by atoms with E-state index in [1.54, 1.807) is 4.90 Å². The van der Waals surface area contributed by atoms with Crippen LogP contribution in [0.3, 0.4) is 0 Å². The molecule has 2 heterocycles. The van der Waals surface area contributed by atoms with E-state index in [2.05, 4.69) is 11.0 Å². The summed E-state index contributed by atoms with van der Waals surface area (Å²) in [4.78, 5) is 16.7. The van der Waals surface area contributed by atoms with Crippen LogP contribution in [0, 0.1) is 0 Å². The number of nitrogens with zero attached hydrogens (tertiary/aromatic N) is 2. The minimum atomic E-state index is -0.322. The number of likely N-dealkylation sites (tertiary alicyclic amines) is 1. The highest BCUT2D eigenvalue weighted by Crippen LogP contribution is 2.47. The Morgan fingerprint density at radius 2 is 1.95 bits per heavy atom. The van der Waals surface area contributed by atoms with Gasteiger partial charge < -0.3 is 14.9 Å². The lowest BCUT2D eigenvalue weighted by Gasteiger charge is -2.38. The molecule has 1 amide bonds. The molecule has 0 saturated carbocycles. The highest BCUT2D eigenvalue weighted by molar-refractivity contribution is 6.07. The van der Waals surface area contributed by atoms with Crippen LogP contribution in [-0.4, -0.2) is 49.2 Å². The van der Waals surface area contributed by atoms with Gasteiger partial charge in [0.25, 0.3) is 0 Å². The zero-order valence-electron chi connectivity index (χ0n) is 11.3. The molecule has 1 fully saturated rings. The van der Waals surface area contributed by atoms with Gasteiger partial charge in [-0.1, -0.05) is 18.2 Å². The zero-order chi connectivity index (χ0) is 13.5. The van der Waals surface area contributed by atoms with Crippen molar-refractivity contribution in [2.45, 2.75) is 18.3 Å². The summed E-state index contributed by atoms with van der Waals surface area (Å²) in [7, 11) is 1.87. The molecule has 1 N–H and O–H groups in total. The number of hydrogen-bond donors (Lipinski definition) is 1. The van der Waals surface area contributed by atoms with Gasteiger partial charge in [-0.15, -0.1) is 0 Å². The number of anilines is 1. The van der Waals surface area contributed by atoms with Crippen molar-refractivity contribution in [3.63, 3.8) is 0 Å². The van der Waals surface area contributed by atoms with Crippen LogP contribution in [0.5, 0.6) is 0 Å². The van der Waals surface area contributed by atoms with E-state index in [0.29, 0.717) is 6.54 Å². The van der Waals surface area contributed by atoms with Crippen LogP contribution in [-0.2, 0) is 10.2 Å². The molecule has 1 saturated heterocycles. The molecule has 1 spiro atoms. The lowest BCUT2D eigenvalue weighted by atomic mass is 9.73. The van der Waals surface area contributed by atoms with Gasteiger partial charge in [0.15, 0.2) is 0 Å². The topological polar surface area (TPSA) is 43.8 Å². The minimum absolute atomic E-state index is 0.192. The number of piperidine rings is 1. The first-order chi connectivity index (χ1) is 9.19. The lowest BCUT2D eigenvalue weighted by molar-refractivity contribution is -0.124. The van der Waals surface area contributed by atoms with Crippen molar-refractivity contribution in [3.05, 3.63) is 29.8 Å². The fourth-order valence-corrected chi connectivity index (χ4v) is 3.50. The molecule has 0 bridgehead atoms. The Labute approximate surface area is 113 Å². The van der Waals surface area contributed by atoms with Crippen molar-refractivity contribution >= 4 is 11.6 Å². The number of amides is 1. The number of benzene rings is 1. The third-order valence-electron chi connectivity index (χ3n) is 4.62.